The topological polar surface area (TPSA) is 64.9 Å². The molecular formula is C11H14F5N3. The van der Waals surface area contributed by atoms with E-state index < -0.39 is 35.4 Å². The summed E-state index contributed by atoms with van der Waals surface area (Å²) in [4.78, 5) is 2.89. The lowest BCUT2D eigenvalue weighted by Crippen LogP contribution is -2.18. The molecule has 0 radical (unpaired) electrons. The maximum atomic E-state index is 12.7. The van der Waals surface area contributed by atoms with E-state index in [1.54, 1.807) is 13.8 Å². The second-order valence-corrected chi connectivity index (χ2v) is 4.55. The first-order valence-electron chi connectivity index (χ1n) is 5.48. The highest BCUT2D eigenvalue weighted by molar-refractivity contribution is 5.66. The Morgan fingerprint density at radius 2 is 1.63 bits per heavy atom. The van der Waals surface area contributed by atoms with Crippen molar-refractivity contribution < 1.29 is 22.0 Å². The van der Waals surface area contributed by atoms with E-state index in [-0.39, 0.29) is 17.9 Å². The van der Waals surface area contributed by atoms with Gasteiger partial charge in [-0.25, -0.2) is 13.8 Å². The van der Waals surface area contributed by atoms with Crippen molar-refractivity contribution in [2.45, 2.75) is 32.9 Å². The molecule has 1 aromatic rings. The first kappa shape index (κ1) is 15.5. The number of rotatable bonds is 3. The van der Waals surface area contributed by atoms with Gasteiger partial charge >= 0.3 is 6.18 Å². The minimum atomic E-state index is -4.90. The van der Waals surface area contributed by atoms with Gasteiger partial charge in [-0.2, -0.15) is 13.2 Å². The Hall–Kier alpha value is -1.60. The largest absolute Gasteiger partial charge is 0.435 e. The molecule has 0 saturated heterocycles. The predicted molar refractivity (Wildman–Crippen MR) is 61.6 cm³/mol. The molecule has 0 saturated carbocycles. The van der Waals surface area contributed by atoms with Crippen LogP contribution in [0.15, 0.2) is 0 Å². The zero-order valence-electron chi connectivity index (χ0n) is 10.4. The third kappa shape index (κ3) is 3.24. The molecule has 1 rings (SSSR count). The average molecular weight is 283 g/mol. The second kappa shape index (κ2) is 5.18. The molecule has 0 atom stereocenters. The molecule has 0 unspecified atom stereocenters. The van der Waals surface area contributed by atoms with Crippen molar-refractivity contribution >= 4 is 11.4 Å². The zero-order valence-corrected chi connectivity index (χ0v) is 10.4. The summed E-state index contributed by atoms with van der Waals surface area (Å²) in [6.07, 6.45) is -8.01. The minimum absolute atomic E-state index is 0.0724. The molecule has 1 aromatic heterocycles. The number of anilines is 2. The summed E-state index contributed by atoms with van der Waals surface area (Å²) in [7, 11) is 0. The number of hydrogen-bond donors (Lipinski definition) is 2. The third-order valence-corrected chi connectivity index (χ3v) is 2.50. The number of pyridine rings is 1. The van der Waals surface area contributed by atoms with Crippen LogP contribution in [0.5, 0.6) is 0 Å². The molecule has 8 heteroatoms. The van der Waals surface area contributed by atoms with E-state index in [1.807, 2.05) is 0 Å². The molecule has 0 aliphatic heterocycles. The molecule has 3 nitrogen and oxygen atoms in total. The Labute approximate surface area is 106 Å². The summed E-state index contributed by atoms with van der Waals surface area (Å²) in [5, 5.41) is 0. The highest BCUT2D eigenvalue weighted by atomic mass is 19.4. The highest BCUT2D eigenvalue weighted by Crippen LogP contribution is 2.39. The van der Waals surface area contributed by atoms with Gasteiger partial charge in [0.1, 0.15) is 5.69 Å². The Bertz CT molecular complexity index is 468. The molecule has 0 aromatic carbocycles. The fraction of sp³-hybridized carbons (Fsp3) is 0.545. The van der Waals surface area contributed by atoms with Gasteiger partial charge in [-0.3, -0.25) is 0 Å². The smallest absolute Gasteiger partial charge is 0.397 e. The van der Waals surface area contributed by atoms with Crippen LogP contribution in [0.3, 0.4) is 0 Å². The van der Waals surface area contributed by atoms with E-state index in [9.17, 15) is 22.0 Å². The molecule has 0 spiro atoms. The fourth-order valence-corrected chi connectivity index (χ4v) is 1.69. The standard InChI is InChI=1S/C11H14F5N3/c1-4(2)3-5-6(17)8(10(12)13)19-9(7(5)18)11(14,15)16/h4,10H,3,17-18H2,1-2H3. The summed E-state index contributed by atoms with van der Waals surface area (Å²) < 4.78 is 63.5. The fourth-order valence-electron chi connectivity index (χ4n) is 1.69. The molecule has 1 heterocycles. The van der Waals surface area contributed by atoms with E-state index in [4.69, 9.17) is 11.5 Å². The number of hydrogen-bond acceptors (Lipinski definition) is 3. The van der Waals surface area contributed by atoms with E-state index >= 15 is 0 Å². The lowest BCUT2D eigenvalue weighted by Gasteiger charge is -2.19. The van der Waals surface area contributed by atoms with Gasteiger partial charge in [-0.15, -0.1) is 0 Å². The highest BCUT2D eigenvalue weighted by Gasteiger charge is 2.38. The van der Waals surface area contributed by atoms with Crippen LogP contribution in [-0.4, -0.2) is 4.98 Å². The molecule has 4 N–H and O–H groups in total. The Morgan fingerprint density at radius 3 is 2.00 bits per heavy atom. The zero-order chi connectivity index (χ0) is 15.0. The number of nitrogens with two attached hydrogens (primary N) is 2. The first-order chi connectivity index (χ1) is 8.55. The van der Waals surface area contributed by atoms with Gasteiger partial charge < -0.3 is 11.5 Å². The summed E-state index contributed by atoms with van der Waals surface area (Å²) in [5.74, 6) is -0.0846. The van der Waals surface area contributed by atoms with Crippen LogP contribution in [0.4, 0.5) is 33.3 Å². The quantitative estimate of drug-likeness (QED) is 0.835. The summed E-state index contributed by atoms with van der Waals surface area (Å²) >= 11 is 0. The molecule has 0 aliphatic carbocycles. The minimum Gasteiger partial charge on any atom is -0.397 e. The molecule has 108 valence electrons. The van der Waals surface area contributed by atoms with Crippen molar-refractivity contribution in [3.63, 3.8) is 0 Å². The lowest BCUT2D eigenvalue weighted by molar-refractivity contribution is -0.140. The van der Waals surface area contributed by atoms with Crippen LogP contribution in [-0.2, 0) is 12.6 Å². The van der Waals surface area contributed by atoms with Crippen molar-refractivity contribution in [2.24, 2.45) is 5.92 Å². The van der Waals surface area contributed by atoms with Crippen molar-refractivity contribution in [1.82, 2.24) is 4.98 Å². The summed E-state index contributed by atoms with van der Waals surface area (Å²) in [6, 6.07) is 0. The van der Waals surface area contributed by atoms with Gasteiger partial charge in [0, 0.05) is 5.56 Å². The molecule has 0 aliphatic rings. The van der Waals surface area contributed by atoms with Crippen LogP contribution in [0.25, 0.3) is 0 Å². The van der Waals surface area contributed by atoms with Crippen molar-refractivity contribution in [3.8, 4) is 0 Å². The van der Waals surface area contributed by atoms with E-state index in [2.05, 4.69) is 4.98 Å². The number of aromatic nitrogens is 1. The average Bonchev–Trinajstić information content (AvgIpc) is 2.21. The number of nitrogens with zero attached hydrogens (tertiary/aromatic N) is 1. The maximum Gasteiger partial charge on any atom is 0.435 e. The molecule has 0 bridgehead atoms. The first-order valence-corrected chi connectivity index (χ1v) is 5.48. The predicted octanol–water partition coefficient (Wildman–Crippen LogP) is 3.40. The van der Waals surface area contributed by atoms with Gasteiger partial charge in [0.05, 0.1) is 11.4 Å². The van der Waals surface area contributed by atoms with E-state index in [1.165, 1.54) is 0 Å². The van der Waals surface area contributed by atoms with Gasteiger partial charge in [0.2, 0.25) is 0 Å². The summed E-state index contributed by atoms with van der Waals surface area (Å²) in [5.41, 5.74) is 7.00. The van der Waals surface area contributed by atoms with Crippen molar-refractivity contribution in [2.75, 3.05) is 11.5 Å². The second-order valence-electron chi connectivity index (χ2n) is 4.55. The molecule has 0 amide bonds. The molecule has 0 fully saturated rings. The van der Waals surface area contributed by atoms with E-state index in [0.29, 0.717) is 0 Å². The van der Waals surface area contributed by atoms with Crippen LogP contribution in [0, 0.1) is 5.92 Å². The molecular weight excluding hydrogens is 269 g/mol. The number of halogens is 5. The Kier molecular flexibility index (Phi) is 4.21. The summed E-state index contributed by atoms with van der Waals surface area (Å²) in [6.45, 7) is 3.43. The van der Waals surface area contributed by atoms with Gasteiger partial charge in [-0.1, -0.05) is 13.8 Å². The van der Waals surface area contributed by atoms with Crippen LogP contribution in [0.1, 0.15) is 37.2 Å². The van der Waals surface area contributed by atoms with Gasteiger partial charge in [-0.05, 0) is 12.3 Å². The lowest BCUT2D eigenvalue weighted by atomic mass is 9.98. The van der Waals surface area contributed by atoms with Gasteiger partial charge in [0.15, 0.2) is 5.69 Å². The van der Waals surface area contributed by atoms with Crippen molar-refractivity contribution in [3.05, 3.63) is 17.0 Å². The maximum absolute atomic E-state index is 12.7. The SMILES string of the molecule is CC(C)Cc1c(N)c(C(F)F)nc(C(F)(F)F)c1N. The monoisotopic (exact) mass is 283 g/mol. The van der Waals surface area contributed by atoms with Crippen LogP contribution < -0.4 is 11.5 Å². The van der Waals surface area contributed by atoms with Crippen LogP contribution >= 0.6 is 0 Å². The molecule has 19 heavy (non-hydrogen) atoms. The third-order valence-electron chi connectivity index (χ3n) is 2.50. The van der Waals surface area contributed by atoms with Gasteiger partial charge in [0.25, 0.3) is 6.43 Å². The normalized spacial score (nSPS) is 12.5. The van der Waals surface area contributed by atoms with Crippen LogP contribution in [0.2, 0.25) is 0 Å². The Morgan fingerprint density at radius 1 is 1.11 bits per heavy atom. The van der Waals surface area contributed by atoms with E-state index in [0.717, 1.165) is 0 Å². The number of alkyl halides is 5. The van der Waals surface area contributed by atoms with Crippen molar-refractivity contribution in [1.29, 1.82) is 0 Å². The Balaban J connectivity index is 3.56. The number of nitrogen functional groups attached to an aromatic ring is 2.